The lowest BCUT2D eigenvalue weighted by Crippen LogP contribution is -2.40. The summed E-state index contributed by atoms with van der Waals surface area (Å²) in [6.07, 6.45) is 4.18. The van der Waals surface area contributed by atoms with Gasteiger partial charge in [0.1, 0.15) is 23.4 Å². The van der Waals surface area contributed by atoms with Gasteiger partial charge in [-0.15, -0.1) is 0 Å². The molecule has 1 fully saturated rings. The molecule has 1 aliphatic heterocycles. The quantitative estimate of drug-likeness (QED) is 0.261. The van der Waals surface area contributed by atoms with Gasteiger partial charge in [0, 0.05) is 33.5 Å². The average Bonchev–Trinajstić information content (AvgIpc) is 3.59. The number of pyridine rings is 1. The molecule has 4 rings (SSSR count). The first-order valence-corrected chi connectivity index (χ1v) is 15.5. The molecule has 11 nitrogen and oxygen atoms in total. The maximum absolute atomic E-state index is 13.4. The Morgan fingerprint density at radius 2 is 1.93 bits per heavy atom. The van der Waals surface area contributed by atoms with Gasteiger partial charge in [0.2, 0.25) is 21.6 Å². The number of anilines is 1. The van der Waals surface area contributed by atoms with E-state index in [0.29, 0.717) is 54.5 Å². The second kappa shape index (κ2) is 12.9. The highest BCUT2D eigenvalue weighted by molar-refractivity contribution is 7.92. The number of benzene rings is 1. The fraction of sp³-hybridized carbons (Fsp3) is 0.448. The van der Waals surface area contributed by atoms with Crippen LogP contribution in [0, 0.1) is 5.82 Å². The number of hydrogen-bond donors (Lipinski definition) is 1. The lowest BCUT2D eigenvalue weighted by Gasteiger charge is -2.22. The number of likely N-dealkylation sites (tertiary alicyclic amines) is 1. The van der Waals surface area contributed by atoms with Crippen LogP contribution in [0.15, 0.2) is 34.7 Å². The molecule has 3 heterocycles. The highest BCUT2D eigenvalue weighted by Crippen LogP contribution is 2.33. The molecule has 13 heteroatoms. The number of carbonyl (C=O) groups excluding carboxylic acids is 3. The summed E-state index contributed by atoms with van der Waals surface area (Å²) in [7, 11) is 0.499. The number of hydrogen-bond acceptors (Lipinski definition) is 8. The molecule has 0 radical (unpaired) electrons. The number of amides is 2. The molecule has 2 aromatic heterocycles. The lowest BCUT2D eigenvalue weighted by atomic mass is 10.0. The Hall–Kier alpha value is -4.00. The molecule has 0 saturated carbocycles. The molecule has 3 aromatic rings. The highest BCUT2D eigenvalue weighted by atomic mass is 32.2. The molecular weight excluding hydrogens is 567 g/mol. The van der Waals surface area contributed by atoms with E-state index in [9.17, 15) is 27.2 Å². The molecule has 1 aromatic carbocycles. The first kappa shape index (κ1) is 30.9. The van der Waals surface area contributed by atoms with Crippen LogP contribution in [0.3, 0.4) is 0 Å². The first-order chi connectivity index (χ1) is 19.9. The fourth-order valence-corrected chi connectivity index (χ4v) is 5.66. The van der Waals surface area contributed by atoms with Crippen LogP contribution in [0.5, 0.6) is 0 Å². The number of fused-ring (bicyclic) bond motifs is 1. The first-order valence-electron chi connectivity index (χ1n) is 13.7. The summed E-state index contributed by atoms with van der Waals surface area (Å²) in [4.78, 5) is 43.9. The average molecular weight is 603 g/mol. The molecule has 1 N–H and O–H groups in total. The fourth-order valence-electron chi connectivity index (χ4n) is 5.18. The number of rotatable bonds is 11. The molecule has 0 aliphatic carbocycles. The number of aryl methyl sites for hydroxylation is 1. The Labute approximate surface area is 244 Å². The summed E-state index contributed by atoms with van der Waals surface area (Å²) < 4.78 is 50.2. The zero-order chi connectivity index (χ0) is 30.6. The van der Waals surface area contributed by atoms with Crippen molar-refractivity contribution in [1.29, 1.82) is 0 Å². The zero-order valence-corrected chi connectivity index (χ0v) is 24.9. The third kappa shape index (κ3) is 6.72. The van der Waals surface area contributed by atoms with Crippen LogP contribution >= 0.6 is 0 Å². The van der Waals surface area contributed by atoms with E-state index in [-0.39, 0.29) is 41.7 Å². The number of esters is 1. The van der Waals surface area contributed by atoms with Crippen molar-refractivity contribution < 1.29 is 36.3 Å². The highest BCUT2D eigenvalue weighted by Gasteiger charge is 2.34. The number of nitrogens with one attached hydrogen (secondary N) is 1. The van der Waals surface area contributed by atoms with E-state index in [0.717, 1.165) is 17.0 Å². The Morgan fingerprint density at radius 1 is 1.21 bits per heavy atom. The summed E-state index contributed by atoms with van der Waals surface area (Å²) in [6, 6.07) is 6.96. The maximum atomic E-state index is 13.4. The summed E-state index contributed by atoms with van der Waals surface area (Å²) in [5.74, 6) is -0.872. The van der Waals surface area contributed by atoms with Crippen molar-refractivity contribution in [2.75, 3.05) is 38.3 Å². The molecule has 1 atom stereocenters. The van der Waals surface area contributed by atoms with Crippen molar-refractivity contribution in [3.63, 3.8) is 0 Å². The summed E-state index contributed by atoms with van der Waals surface area (Å²) in [6.45, 7) is 0.505. The normalized spacial score (nSPS) is 15.2. The van der Waals surface area contributed by atoms with E-state index in [1.165, 1.54) is 33.3 Å². The van der Waals surface area contributed by atoms with Crippen molar-refractivity contribution in [2.24, 2.45) is 0 Å². The van der Waals surface area contributed by atoms with E-state index in [4.69, 9.17) is 9.15 Å². The predicted molar refractivity (Wildman–Crippen MR) is 154 cm³/mol. The monoisotopic (exact) mass is 602 g/mol. The SMILES string of the molecule is CNC(=O)c1c(Cc2ccc(F)cc2)oc2nc(N(C)S(C)(=O)=O)c(CCCCC(=O)N3CCC[C@H]3C(=O)OC)cc12. The van der Waals surface area contributed by atoms with Crippen molar-refractivity contribution >= 4 is 44.7 Å². The maximum Gasteiger partial charge on any atom is 0.328 e. The molecule has 42 heavy (non-hydrogen) atoms. The predicted octanol–water partition coefficient (Wildman–Crippen LogP) is 3.19. The summed E-state index contributed by atoms with van der Waals surface area (Å²) >= 11 is 0. The van der Waals surface area contributed by atoms with Gasteiger partial charge in [-0.05, 0) is 61.4 Å². The van der Waals surface area contributed by atoms with Gasteiger partial charge in [-0.25, -0.2) is 17.6 Å². The number of sulfonamides is 1. The number of nitrogens with zero attached hydrogens (tertiary/aromatic N) is 3. The van der Waals surface area contributed by atoms with E-state index in [1.807, 2.05) is 0 Å². The zero-order valence-electron chi connectivity index (χ0n) is 24.1. The minimum Gasteiger partial charge on any atom is -0.467 e. The van der Waals surface area contributed by atoms with Gasteiger partial charge in [0.25, 0.3) is 5.91 Å². The number of ether oxygens (including phenoxy) is 1. The van der Waals surface area contributed by atoms with Gasteiger partial charge in [-0.1, -0.05) is 12.1 Å². The van der Waals surface area contributed by atoms with E-state index in [1.54, 1.807) is 23.1 Å². The van der Waals surface area contributed by atoms with Crippen LogP contribution in [0.1, 0.15) is 59.3 Å². The lowest BCUT2D eigenvalue weighted by molar-refractivity contribution is -0.151. The van der Waals surface area contributed by atoms with Crippen molar-refractivity contribution in [3.05, 3.63) is 58.6 Å². The summed E-state index contributed by atoms with van der Waals surface area (Å²) in [5, 5.41) is 3.03. The number of furan rings is 1. The topological polar surface area (TPSA) is 139 Å². The Bertz CT molecular complexity index is 1590. The number of aromatic nitrogens is 1. The smallest absolute Gasteiger partial charge is 0.328 e. The Kier molecular flexibility index (Phi) is 9.50. The van der Waals surface area contributed by atoms with Crippen LogP contribution in [0.25, 0.3) is 11.1 Å². The van der Waals surface area contributed by atoms with Gasteiger partial charge in [-0.3, -0.25) is 13.9 Å². The van der Waals surface area contributed by atoms with E-state index in [2.05, 4.69) is 10.3 Å². The standard InChI is InChI=1S/C29H35FN4O7S/c1-31-27(36)25-21-17-19(8-5-6-10-24(35)34-15-7-9-22(34)29(37)40-3)26(33(2)42(4,38)39)32-28(21)41-23(25)16-18-11-13-20(30)14-12-18/h11-14,17,22H,5-10,15-16H2,1-4H3,(H,31,36)/t22-/m0/s1. The molecule has 0 unspecified atom stereocenters. The number of carbonyl (C=O) groups is 3. The van der Waals surface area contributed by atoms with E-state index >= 15 is 0 Å². The summed E-state index contributed by atoms with van der Waals surface area (Å²) in [5.41, 5.74) is 1.64. The minimum atomic E-state index is -3.69. The third-order valence-electron chi connectivity index (χ3n) is 7.47. The van der Waals surface area contributed by atoms with Gasteiger partial charge in [0.15, 0.2) is 0 Å². The van der Waals surface area contributed by atoms with Crippen molar-refractivity contribution in [1.82, 2.24) is 15.2 Å². The Balaban J connectivity index is 1.62. The van der Waals surface area contributed by atoms with Crippen LogP contribution in [0.2, 0.25) is 0 Å². The van der Waals surface area contributed by atoms with Crippen molar-refractivity contribution in [3.8, 4) is 0 Å². The van der Waals surface area contributed by atoms with Crippen LogP contribution in [-0.2, 0) is 37.2 Å². The number of methoxy groups -OCH3 is 1. The van der Waals surface area contributed by atoms with Crippen LogP contribution < -0.4 is 9.62 Å². The van der Waals surface area contributed by atoms with E-state index < -0.39 is 27.9 Å². The molecular formula is C29H35FN4O7S. The Morgan fingerprint density at radius 3 is 2.57 bits per heavy atom. The van der Waals surface area contributed by atoms with Gasteiger partial charge in [-0.2, -0.15) is 4.98 Å². The molecule has 2 amide bonds. The molecule has 0 bridgehead atoms. The van der Waals surface area contributed by atoms with Crippen LogP contribution in [0.4, 0.5) is 10.2 Å². The van der Waals surface area contributed by atoms with Gasteiger partial charge < -0.3 is 19.4 Å². The number of halogens is 1. The second-order valence-electron chi connectivity index (χ2n) is 10.3. The van der Waals surface area contributed by atoms with Crippen molar-refractivity contribution in [2.45, 2.75) is 51.0 Å². The molecule has 0 spiro atoms. The minimum absolute atomic E-state index is 0.0954. The third-order valence-corrected chi connectivity index (χ3v) is 8.64. The molecule has 1 saturated heterocycles. The largest absolute Gasteiger partial charge is 0.467 e. The van der Waals surface area contributed by atoms with Gasteiger partial charge >= 0.3 is 5.97 Å². The van der Waals surface area contributed by atoms with Gasteiger partial charge in [0.05, 0.1) is 24.3 Å². The molecule has 226 valence electrons. The second-order valence-corrected chi connectivity index (χ2v) is 12.3. The molecule has 1 aliphatic rings. The van der Waals surface area contributed by atoms with Crippen LogP contribution in [-0.4, -0.2) is 76.1 Å². The number of unbranched alkanes of at least 4 members (excludes halogenated alkanes) is 1.